The van der Waals surface area contributed by atoms with Crippen molar-refractivity contribution in [3.63, 3.8) is 0 Å². The first-order chi connectivity index (χ1) is 34.5. The molecule has 6 nitrogen and oxygen atoms in total. The predicted molar refractivity (Wildman–Crippen MR) is 298 cm³/mol. The lowest BCUT2D eigenvalue weighted by molar-refractivity contribution is 0.600. The molecule has 346 valence electrons. The highest BCUT2D eigenvalue weighted by Gasteiger charge is 2.22. The molecule has 2 aromatic heterocycles. The van der Waals surface area contributed by atoms with Gasteiger partial charge >= 0.3 is 0 Å². The van der Waals surface area contributed by atoms with Gasteiger partial charge in [0, 0.05) is 68.8 Å². The second-order valence-electron chi connectivity index (χ2n) is 18.8. The number of hydrogen-bond acceptors (Lipinski definition) is 4. The maximum Gasteiger partial charge on any atom is 0.197 e. The number of pyridine rings is 2. The van der Waals surface area contributed by atoms with Crippen molar-refractivity contribution in [3.05, 3.63) is 215 Å². The molecule has 0 fully saturated rings. The molecule has 11 aromatic rings. The Kier molecular flexibility index (Phi) is 12.5. The zero-order valence-electron chi connectivity index (χ0n) is 40.2. The summed E-state index contributed by atoms with van der Waals surface area (Å²) in [6, 6.07) is 67.5. The van der Waals surface area contributed by atoms with Crippen LogP contribution in [0.3, 0.4) is 0 Å². The molecule has 0 aliphatic rings. The minimum absolute atomic E-state index is 0.0283. The highest BCUT2D eigenvalue weighted by Crippen LogP contribution is 2.40. The zero-order valence-corrected chi connectivity index (χ0v) is 40.2. The molecule has 0 bridgehead atoms. The van der Waals surface area contributed by atoms with Crippen LogP contribution in [0.1, 0.15) is 65.2 Å². The second kappa shape index (κ2) is 19.6. The molecule has 0 spiro atoms. The SMILES string of the molecule is CCCCCCn1c2ccc(N(c3ccccc3)c3ccc4ccccc4c3)cc2c(=O)c2cc3c(cc21)c(=O)c1cc(N(c2ccccc2)c2ccc4ccccc4c2)ccc1n3CCCCCC. The molecular weight excluding hydrogens is 857 g/mol. The molecule has 0 atom stereocenters. The molecule has 0 unspecified atom stereocenters. The summed E-state index contributed by atoms with van der Waals surface area (Å²) < 4.78 is 4.63. The van der Waals surface area contributed by atoms with E-state index in [1.54, 1.807) is 0 Å². The summed E-state index contributed by atoms with van der Waals surface area (Å²) in [4.78, 5) is 35.3. The Morgan fingerprint density at radius 1 is 0.314 bits per heavy atom. The smallest absolute Gasteiger partial charge is 0.197 e. The molecule has 0 aliphatic carbocycles. The first-order valence-electron chi connectivity index (χ1n) is 25.3. The van der Waals surface area contributed by atoms with E-state index in [-0.39, 0.29) is 10.9 Å². The topological polar surface area (TPSA) is 50.5 Å². The highest BCUT2D eigenvalue weighted by molar-refractivity contribution is 6.05. The molecule has 6 heteroatoms. The molecule has 0 saturated carbocycles. The van der Waals surface area contributed by atoms with Gasteiger partial charge in [0.05, 0.1) is 22.1 Å². The number of fused-ring (bicyclic) bond motifs is 6. The summed E-state index contributed by atoms with van der Waals surface area (Å²) in [5, 5.41) is 7.25. The molecule has 11 rings (SSSR count). The number of aryl methyl sites for hydroxylation is 2. The van der Waals surface area contributed by atoms with Crippen LogP contribution in [0.4, 0.5) is 34.1 Å². The minimum atomic E-state index is -0.0283. The second-order valence-corrected chi connectivity index (χ2v) is 18.8. The Bertz CT molecular complexity index is 3570. The molecule has 2 heterocycles. The molecule has 0 N–H and O–H groups in total. The van der Waals surface area contributed by atoms with Gasteiger partial charge in [-0.15, -0.1) is 0 Å². The Hall–Kier alpha value is -7.96. The summed E-state index contributed by atoms with van der Waals surface area (Å²) in [7, 11) is 0. The van der Waals surface area contributed by atoms with Crippen molar-refractivity contribution < 1.29 is 0 Å². The van der Waals surface area contributed by atoms with Gasteiger partial charge in [0.15, 0.2) is 10.9 Å². The first kappa shape index (κ1) is 44.5. The largest absolute Gasteiger partial charge is 0.340 e. The number of para-hydroxylation sites is 2. The van der Waals surface area contributed by atoms with Crippen molar-refractivity contribution in [2.24, 2.45) is 0 Å². The summed E-state index contributed by atoms with van der Waals surface area (Å²) in [5.41, 5.74) is 9.17. The Labute approximate surface area is 409 Å². The Morgan fingerprint density at radius 3 is 1.09 bits per heavy atom. The molecule has 9 aromatic carbocycles. The van der Waals surface area contributed by atoms with Gasteiger partial charge in [-0.3, -0.25) is 9.59 Å². The molecule has 70 heavy (non-hydrogen) atoms. The standard InChI is InChI=1S/C64H58N4O2/c1-3-5-7-19-37-65-59-35-33-53(67(49-25-11-9-12-26-49)51-31-29-45-21-15-17-23-47(45)39-51)41-55(59)63(69)57-44-62-58(43-61(57)65)64(70)56-42-54(34-36-60(56)66(62)38-20-8-6-4-2)68(50-27-13-10-14-28-50)52-32-30-46-22-16-18-24-48(46)40-52/h9-18,21-36,39-44H,3-8,19-20,37-38H2,1-2H3. The normalized spacial score (nSPS) is 11.7. The van der Waals surface area contributed by atoms with Crippen LogP contribution in [0.5, 0.6) is 0 Å². The highest BCUT2D eigenvalue weighted by atomic mass is 16.1. The van der Waals surface area contributed by atoms with Gasteiger partial charge in [0.1, 0.15) is 0 Å². The van der Waals surface area contributed by atoms with E-state index in [0.29, 0.717) is 21.5 Å². The fourth-order valence-corrected chi connectivity index (χ4v) is 10.7. The van der Waals surface area contributed by atoms with Gasteiger partial charge in [0.25, 0.3) is 0 Å². The summed E-state index contributed by atoms with van der Waals surface area (Å²) in [6.07, 6.45) is 8.59. The number of aromatic nitrogens is 2. The fourth-order valence-electron chi connectivity index (χ4n) is 10.7. The van der Waals surface area contributed by atoms with Gasteiger partial charge < -0.3 is 18.9 Å². The van der Waals surface area contributed by atoms with Crippen molar-refractivity contribution in [3.8, 4) is 0 Å². The number of hydrogen-bond donors (Lipinski definition) is 0. The Morgan fingerprint density at radius 2 is 0.671 bits per heavy atom. The van der Waals surface area contributed by atoms with Crippen LogP contribution in [0.25, 0.3) is 65.2 Å². The summed E-state index contributed by atoms with van der Waals surface area (Å²) in [6.45, 7) is 5.92. The maximum atomic E-state index is 15.4. The third-order valence-electron chi connectivity index (χ3n) is 14.2. The third kappa shape index (κ3) is 8.38. The van der Waals surface area contributed by atoms with Gasteiger partial charge in [-0.25, -0.2) is 0 Å². The molecule has 0 radical (unpaired) electrons. The van der Waals surface area contributed by atoms with E-state index >= 15 is 9.59 Å². The maximum absolute atomic E-state index is 15.4. The van der Waals surface area contributed by atoms with E-state index in [9.17, 15) is 0 Å². The van der Waals surface area contributed by atoms with Crippen LogP contribution in [0.15, 0.2) is 204 Å². The van der Waals surface area contributed by atoms with Crippen LogP contribution in [-0.2, 0) is 13.1 Å². The van der Waals surface area contributed by atoms with Crippen molar-refractivity contribution in [2.45, 2.75) is 78.3 Å². The lowest BCUT2D eigenvalue weighted by atomic mass is 10.0. The van der Waals surface area contributed by atoms with Crippen LogP contribution < -0.4 is 20.7 Å². The van der Waals surface area contributed by atoms with E-state index in [0.717, 1.165) is 131 Å². The summed E-state index contributed by atoms with van der Waals surface area (Å²) >= 11 is 0. The first-order valence-corrected chi connectivity index (χ1v) is 25.3. The zero-order chi connectivity index (χ0) is 47.6. The third-order valence-corrected chi connectivity index (χ3v) is 14.2. The number of anilines is 6. The average molecular weight is 915 g/mol. The number of unbranched alkanes of at least 4 members (excludes halogenated alkanes) is 6. The van der Waals surface area contributed by atoms with Gasteiger partial charge in [-0.1, -0.05) is 149 Å². The Balaban J connectivity index is 1.13. The summed E-state index contributed by atoms with van der Waals surface area (Å²) in [5.74, 6) is 0. The number of rotatable bonds is 16. The van der Waals surface area contributed by atoms with Gasteiger partial charge in [-0.2, -0.15) is 0 Å². The van der Waals surface area contributed by atoms with E-state index in [2.05, 4.69) is 203 Å². The molecule has 0 saturated heterocycles. The average Bonchev–Trinajstić information content (AvgIpc) is 3.41. The molecule has 0 amide bonds. The predicted octanol–water partition coefficient (Wildman–Crippen LogP) is 17.0. The number of nitrogens with zero attached hydrogens (tertiary/aromatic N) is 4. The van der Waals surface area contributed by atoms with E-state index in [1.807, 2.05) is 24.3 Å². The molecular formula is C64H58N4O2. The van der Waals surface area contributed by atoms with E-state index in [1.165, 1.54) is 10.8 Å². The van der Waals surface area contributed by atoms with Crippen molar-refractivity contribution in [1.29, 1.82) is 0 Å². The monoisotopic (exact) mass is 914 g/mol. The quantitative estimate of drug-likeness (QED) is 0.0716. The van der Waals surface area contributed by atoms with Crippen LogP contribution >= 0.6 is 0 Å². The minimum Gasteiger partial charge on any atom is -0.340 e. The van der Waals surface area contributed by atoms with Crippen LogP contribution in [-0.4, -0.2) is 9.13 Å². The number of benzene rings is 9. The van der Waals surface area contributed by atoms with Crippen LogP contribution in [0.2, 0.25) is 0 Å². The van der Waals surface area contributed by atoms with Crippen molar-refractivity contribution >= 4 is 99.3 Å². The van der Waals surface area contributed by atoms with E-state index < -0.39 is 0 Å². The van der Waals surface area contributed by atoms with Crippen molar-refractivity contribution in [1.82, 2.24) is 9.13 Å². The van der Waals surface area contributed by atoms with E-state index in [4.69, 9.17) is 0 Å². The van der Waals surface area contributed by atoms with Crippen molar-refractivity contribution in [2.75, 3.05) is 9.80 Å². The van der Waals surface area contributed by atoms with Gasteiger partial charge in [-0.05, 0) is 131 Å². The fraction of sp³-hybridized carbons (Fsp3) is 0.188. The lowest BCUT2D eigenvalue weighted by Gasteiger charge is -2.27. The van der Waals surface area contributed by atoms with Gasteiger partial charge in [0.2, 0.25) is 0 Å². The lowest BCUT2D eigenvalue weighted by Crippen LogP contribution is -2.17. The molecule has 0 aliphatic heterocycles. The van der Waals surface area contributed by atoms with Crippen LogP contribution in [0, 0.1) is 0 Å².